The molecule has 0 bridgehead atoms. The molecule has 1 aromatic heterocycles. The first-order valence-electron chi connectivity index (χ1n) is 6.31. The quantitative estimate of drug-likeness (QED) is 0.661. The van der Waals surface area contributed by atoms with Gasteiger partial charge in [0.15, 0.2) is 5.76 Å². The first kappa shape index (κ1) is 13.8. The van der Waals surface area contributed by atoms with Crippen LogP contribution in [-0.4, -0.2) is 5.16 Å². The van der Waals surface area contributed by atoms with E-state index in [4.69, 9.17) is 4.52 Å². The van der Waals surface area contributed by atoms with Crippen molar-refractivity contribution in [3.63, 3.8) is 0 Å². The Morgan fingerprint density at radius 3 is 2.82 bits per heavy atom. The molecule has 0 aromatic carbocycles. The Labute approximate surface area is 104 Å². The molecule has 0 saturated carbocycles. The zero-order valence-corrected chi connectivity index (χ0v) is 11.4. The van der Waals surface area contributed by atoms with Gasteiger partial charge in [-0.3, -0.25) is 0 Å². The summed E-state index contributed by atoms with van der Waals surface area (Å²) in [7, 11) is 0. The number of allylic oxidation sites excluding steroid dienone is 3. The summed E-state index contributed by atoms with van der Waals surface area (Å²) in [5.41, 5.74) is 2.34. The molecule has 1 unspecified atom stereocenters. The molecule has 0 N–H and O–H groups in total. The highest BCUT2D eigenvalue weighted by Gasteiger charge is 1.99. The molecule has 0 aliphatic rings. The minimum Gasteiger partial charge on any atom is -0.357 e. The van der Waals surface area contributed by atoms with Crippen LogP contribution in [0.5, 0.6) is 0 Å². The lowest BCUT2D eigenvalue weighted by molar-refractivity contribution is 0.408. The summed E-state index contributed by atoms with van der Waals surface area (Å²) in [6, 6.07) is 1.95. The molecule has 1 rings (SSSR count). The van der Waals surface area contributed by atoms with Crippen LogP contribution in [0.4, 0.5) is 0 Å². The van der Waals surface area contributed by atoms with Crippen LogP contribution in [0.2, 0.25) is 0 Å². The van der Waals surface area contributed by atoms with Gasteiger partial charge in [0.1, 0.15) is 0 Å². The Morgan fingerprint density at radius 1 is 1.47 bits per heavy atom. The Bertz CT molecular complexity index is 383. The number of rotatable bonds is 6. The molecular formula is C15H23NO. The molecule has 1 heterocycles. The van der Waals surface area contributed by atoms with Crippen LogP contribution < -0.4 is 0 Å². The molecular weight excluding hydrogens is 210 g/mol. The van der Waals surface area contributed by atoms with E-state index >= 15 is 0 Å². The van der Waals surface area contributed by atoms with Crippen molar-refractivity contribution in [2.75, 3.05) is 0 Å². The van der Waals surface area contributed by atoms with Crippen molar-refractivity contribution in [3.05, 3.63) is 35.2 Å². The molecule has 2 nitrogen and oxygen atoms in total. The highest BCUT2D eigenvalue weighted by molar-refractivity contribution is 5.42. The van der Waals surface area contributed by atoms with Gasteiger partial charge < -0.3 is 4.52 Å². The van der Waals surface area contributed by atoms with E-state index < -0.39 is 0 Å². The highest BCUT2D eigenvalue weighted by atomic mass is 16.5. The van der Waals surface area contributed by atoms with E-state index in [2.05, 4.69) is 38.1 Å². The topological polar surface area (TPSA) is 26.0 Å². The van der Waals surface area contributed by atoms with Gasteiger partial charge in [0, 0.05) is 6.07 Å². The van der Waals surface area contributed by atoms with E-state index in [1.165, 1.54) is 18.4 Å². The van der Waals surface area contributed by atoms with Gasteiger partial charge in [-0.15, -0.1) is 0 Å². The zero-order valence-electron chi connectivity index (χ0n) is 11.4. The highest BCUT2D eigenvalue weighted by Crippen LogP contribution is 2.14. The molecule has 0 spiro atoms. The third-order valence-electron chi connectivity index (χ3n) is 2.68. The fourth-order valence-electron chi connectivity index (χ4n) is 1.65. The van der Waals surface area contributed by atoms with Crippen molar-refractivity contribution in [1.82, 2.24) is 5.16 Å². The van der Waals surface area contributed by atoms with E-state index in [1.807, 2.05) is 19.1 Å². The van der Waals surface area contributed by atoms with Gasteiger partial charge in [-0.05, 0) is 52.0 Å². The second kappa shape index (κ2) is 7.10. The molecule has 0 aliphatic carbocycles. The molecule has 1 aromatic rings. The molecule has 0 fully saturated rings. The van der Waals surface area contributed by atoms with Gasteiger partial charge >= 0.3 is 0 Å². The van der Waals surface area contributed by atoms with Gasteiger partial charge in [0.25, 0.3) is 0 Å². The fraction of sp³-hybridized carbons (Fsp3) is 0.533. The predicted molar refractivity (Wildman–Crippen MR) is 72.7 cm³/mol. The SMILES string of the molecule is CC(C)=CCCC(C)CC=Cc1cc(C)no1. The van der Waals surface area contributed by atoms with Gasteiger partial charge in [-0.1, -0.05) is 29.8 Å². The van der Waals surface area contributed by atoms with Crippen molar-refractivity contribution >= 4 is 6.08 Å². The number of aromatic nitrogens is 1. The molecule has 0 amide bonds. The van der Waals surface area contributed by atoms with Crippen LogP contribution in [0.15, 0.2) is 28.3 Å². The molecule has 0 aliphatic heterocycles. The Kier molecular flexibility index (Phi) is 5.75. The van der Waals surface area contributed by atoms with Gasteiger partial charge in [-0.25, -0.2) is 0 Å². The minimum atomic E-state index is 0.714. The summed E-state index contributed by atoms with van der Waals surface area (Å²) in [6.45, 7) is 8.52. The molecule has 17 heavy (non-hydrogen) atoms. The summed E-state index contributed by atoms with van der Waals surface area (Å²) in [4.78, 5) is 0. The maximum Gasteiger partial charge on any atom is 0.159 e. The van der Waals surface area contributed by atoms with Crippen LogP contribution in [-0.2, 0) is 0 Å². The summed E-state index contributed by atoms with van der Waals surface area (Å²) in [6.07, 6.45) is 10.0. The van der Waals surface area contributed by atoms with E-state index in [0.717, 1.165) is 17.9 Å². The maximum atomic E-state index is 5.11. The number of nitrogens with zero attached hydrogens (tertiary/aromatic N) is 1. The summed E-state index contributed by atoms with van der Waals surface area (Å²) in [5.74, 6) is 1.56. The van der Waals surface area contributed by atoms with Crippen molar-refractivity contribution in [3.8, 4) is 0 Å². The van der Waals surface area contributed by atoms with E-state index in [1.54, 1.807) is 0 Å². The van der Waals surface area contributed by atoms with E-state index in [9.17, 15) is 0 Å². The lowest BCUT2D eigenvalue weighted by atomic mass is 10.0. The van der Waals surface area contributed by atoms with E-state index in [-0.39, 0.29) is 0 Å². The average molecular weight is 233 g/mol. The second-order valence-electron chi connectivity index (χ2n) is 4.97. The number of hydrogen-bond donors (Lipinski definition) is 0. The third kappa shape index (κ3) is 6.10. The second-order valence-corrected chi connectivity index (χ2v) is 4.97. The molecule has 0 saturated heterocycles. The van der Waals surface area contributed by atoms with Crippen molar-refractivity contribution in [2.24, 2.45) is 5.92 Å². The van der Waals surface area contributed by atoms with Crippen LogP contribution in [0.1, 0.15) is 51.5 Å². The van der Waals surface area contributed by atoms with Crippen molar-refractivity contribution in [2.45, 2.75) is 47.0 Å². The molecule has 0 radical (unpaired) electrons. The van der Waals surface area contributed by atoms with Crippen molar-refractivity contribution < 1.29 is 4.52 Å². The Morgan fingerprint density at radius 2 is 2.24 bits per heavy atom. The maximum absolute atomic E-state index is 5.11. The summed E-state index contributed by atoms with van der Waals surface area (Å²) < 4.78 is 5.11. The first-order valence-corrected chi connectivity index (χ1v) is 6.31. The standard InChI is InChI=1S/C15H23NO/c1-12(2)7-5-8-13(3)9-6-10-15-11-14(4)16-17-15/h6-7,10-11,13H,5,8-9H2,1-4H3. The minimum absolute atomic E-state index is 0.714. The summed E-state index contributed by atoms with van der Waals surface area (Å²) >= 11 is 0. The normalized spacial score (nSPS) is 12.9. The molecule has 94 valence electrons. The third-order valence-corrected chi connectivity index (χ3v) is 2.68. The monoisotopic (exact) mass is 233 g/mol. The smallest absolute Gasteiger partial charge is 0.159 e. The van der Waals surface area contributed by atoms with Gasteiger partial charge in [0.2, 0.25) is 0 Å². The zero-order chi connectivity index (χ0) is 12.7. The number of aryl methyl sites for hydroxylation is 1. The van der Waals surface area contributed by atoms with Crippen molar-refractivity contribution in [1.29, 1.82) is 0 Å². The Hall–Kier alpha value is -1.31. The predicted octanol–water partition coefficient (Wildman–Crippen LogP) is 4.77. The van der Waals surface area contributed by atoms with Crippen LogP contribution in [0, 0.1) is 12.8 Å². The largest absolute Gasteiger partial charge is 0.357 e. The summed E-state index contributed by atoms with van der Waals surface area (Å²) in [5, 5.41) is 3.85. The lowest BCUT2D eigenvalue weighted by Crippen LogP contribution is -1.91. The van der Waals surface area contributed by atoms with Gasteiger partial charge in [-0.2, -0.15) is 0 Å². The van der Waals surface area contributed by atoms with Crippen LogP contribution in [0.3, 0.4) is 0 Å². The van der Waals surface area contributed by atoms with Gasteiger partial charge in [0.05, 0.1) is 5.69 Å². The average Bonchev–Trinajstić information content (AvgIpc) is 2.63. The van der Waals surface area contributed by atoms with E-state index in [0.29, 0.717) is 5.92 Å². The van der Waals surface area contributed by atoms with Crippen LogP contribution in [0.25, 0.3) is 6.08 Å². The number of hydrogen-bond acceptors (Lipinski definition) is 2. The molecule has 1 atom stereocenters. The fourth-order valence-corrected chi connectivity index (χ4v) is 1.65. The van der Waals surface area contributed by atoms with Crippen LogP contribution >= 0.6 is 0 Å². The first-order chi connectivity index (χ1) is 8.08. The lowest BCUT2D eigenvalue weighted by Gasteiger charge is -2.05. The molecule has 2 heteroatoms. The Balaban J connectivity index is 2.25.